The summed E-state index contributed by atoms with van der Waals surface area (Å²) in [4.78, 5) is 24.1. The molecule has 1 N–H and O–H groups in total. The summed E-state index contributed by atoms with van der Waals surface area (Å²) in [5.41, 5.74) is 3.36. The monoisotopic (exact) mass is 393 g/mol. The van der Waals surface area contributed by atoms with Crippen LogP contribution in [0.15, 0.2) is 54.6 Å². The summed E-state index contributed by atoms with van der Waals surface area (Å²) in [5.74, 6) is -0.0639. The molecule has 2 aromatic carbocycles. The first-order valence-electron chi connectivity index (χ1n) is 10.4. The summed E-state index contributed by atoms with van der Waals surface area (Å²) >= 11 is 0. The first-order valence-corrected chi connectivity index (χ1v) is 10.4. The van der Waals surface area contributed by atoms with Crippen molar-refractivity contribution >= 4 is 23.6 Å². The van der Waals surface area contributed by atoms with Crippen molar-refractivity contribution in [2.45, 2.75) is 52.4 Å². The molecule has 0 saturated heterocycles. The number of rotatable bonds is 10. The minimum absolute atomic E-state index is 0.218. The van der Waals surface area contributed by atoms with Gasteiger partial charge in [-0.3, -0.25) is 4.79 Å². The van der Waals surface area contributed by atoms with Gasteiger partial charge in [-0.05, 0) is 53.8 Å². The quantitative estimate of drug-likeness (QED) is 0.297. The number of unbranched alkanes of at least 4 members (excludes halogenated alkanes) is 3. The van der Waals surface area contributed by atoms with E-state index in [1.54, 1.807) is 30.3 Å². The number of anilines is 1. The fourth-order valence-corrected chi connectivity index (χ4v) is 2.81. The van der Waals surface area contributed by atoms with Gasteiger partial charge in [0.05, 0.1) is 12.2 Å². The molecule has 0 aliphatic rings. The van der Waals surface area contributed by atoms with Crippen molar-refractivity contribution in [3.8, 4) is 0 Å². The fourth-order valence-electron chi connectivity index (χ4n) is 2.81. The second kappa shape index (κ2) is 11.8. The van der Waals surface area contributed by atoms with Gasteiger partial charge in [-0.25, -0.2) is 4.79 Å². The predicted octanol–water partition coefficient (Wildman–Crippen LogP) is 6.20. The average molecular weight is 394 g/mol. The van der Waals surface area contributed by atoms with Gasteiger partial charge in [-0.15, -0.1) is 0 Å². The van der Waals surface area contributed by atoms with Gasteiger partial charge in [-0.1, -0.05) is 64.3 Å². The molecule has 0 spiro atoms. The van der Waals surface area contributed by atoms with E-state index in [4.69, 9.17) is 4.74 Å². The van der Waals surface area contributed by atoms with E-state index < -0.39 is 0 Å². The van der Waals surface area contributed by atoms with Crippen LogP contribution < -0.4 is 5.32 Å². The second-order valence-corrected chi connectivity index (χ2v) is 7.42. The van der Waals surface area contributed by atoms with Crippen LogP contribution >= 0.6 is 0 Å². The summed E-state index contributed by atoms with van der Waals surface area (Å²) in [6, 6.07) is 14.9. The van der Waals surface area contributed by atoms with Crippen LogP contribution in [0.3, 0.4) is 0 Å². The molecule has 0 heterocycles. The molecule has 0 radical (unpaired) electrons. The van der Waals surface area contributed by atoms with Crippen molar-refractivity contribution in [2.24, 2.45) is 0 Å². The normalized spacial score (nSPS) is 11.0. The Morgan fingerprint density at radius 3 is 2.28 bits per heavy atom. The van der Waals surface area contributed by atoms with E-state index in [0.29, 0.717) is 23.8 Å². The third-order valence-electron chi connectivity index (χ3n) is 4.65. The number of ether oxygens (including phenoxy) is 1. The average Bonchev–Trinajstić information content (AvgIpc) is 2.73. The number of carbonyl (C=O) groups is 2. The zero-order valence-corrected chi connectivity index (χ0v) is 17.6. The topological polar surface area (TPSA) is 55.4 Å². The van der Waals surface area contributed by atoms with E-state index >= 15 is 0 Å². The van der Waals surface area contributed by atoms with Gasteiger partial charge < -0.3 is 10.1 Å². The van der Waals surface area contributed by atoms with Gasteiger partial charge in [-0.2, -0.15) is 0 Å². The maximum absolute atomic E-state index is 12.1. The molecule has 0 saturated carbocycles. The first kappa shape index (κ1) is 22.4. The van der Waals surface area contributed by atoms with Crippen molar-refractivity contribution in [3.05, 3.63) is 71.3 Å². The number of hydrogen-bond acceptors (Lipinski definition) is 3. The summed E-state index contributed by atoms with van der Waals surface area (Å²) in [6.45, 7) is 6.89. The van der Waals surface area contributed by atoms with Crippen molar-refractivity contribution in [1.82, 2.24) is 0 Å². The van der Waals surface area contributed by atoms with Gasteiger partial charge in [0.25, 0.3) is 0 Å². The summed E-state index contributed by atoms with van der Waals surface area (Å²) in [6.07, 6.45) is 7.56. The number of nitrogens with one attached hydrogen (secondary N) is 1. The highest BCUT2D eigenvalue weighted by Crippen LogP contribution is 2.16. The van der Waals surface area contributed by atoms with Gasteiger partial charge in [0.15, 0.2) is 0 Å². The fraction of sp³-hybridized carbons (Fsp3) is 0.360. The lowest BCUT2D eigenvalue weighted by molar-refractivity contribution is -0.111. The van der Waals surface area contributed by atoms with E-state index in [-0.39, 0.29) is 11.9 Å². The number of carbonyl (C=O) groups excluding carboxylic acids is 2. The van der Waals surface area contributed by atoms with Crippen LogP contribution in [0.4, 0.5) is 5.69 Å². The van der Waals surface area contributed by atoms with Crippen molar-refractivity contribution in [3.63, 3.8) is 0 Å². The molecule has 0 aliphatic heterocycles. The third-order valence-corrected chi connectivity index (χ3v) is 4.65. The SMILES string of the molecule is CCCCCCOC(=O)c1ccc(NC(=O)/C=C/c2ccc(C(C)C)cc2)cc1. The van der Waals surface area contributed by atoms with Crippen LogP contribution in [0, 0.1) is 0 Å². The van der Waals surface area contributed by atoms with E-state index in [1.807, 2.05) is 12.1 Å². The number of esters is 1. The molecule has 29 heavy (non-hydrogen) atoms. The van der Waals surface area contributed by atoms with Crippen LogP contribution in [-0.4, -0.2) is 18.5 Å². The molecule has 0 atom stereocenters. The molecular formula is C25H31NO3. The highest BCUT2D eigenvalue weighted by atomic mass is 16.5. The molecule has 4 nitrogen and oxygen atoms in total. The Labute approximate surface area is 174 Å². The number of amides is 1. The number of benzene rings is 2. The lowest BCUT2D eigenvalue weighted by Crippen LogP contribution is -2.09. The molecule has 0 unspecified atom stereocenters. The summed E-state index contributed by atoms with van der Waals surface area (Å²) in [5, 5.41) is 2.80. The Morgan fingerprint density at radius 1 is 0.966 bits per heavy atom. The largest absolute Gasteiger partial charge is 0.462 e. The molecule has 1 amide bonds. The maximum Gasteiger partial charge on any atom is 0.338 e. The Kier molecular flexibility index (Phi) is 9.16. The van der Waals surface area contributed by atoms with Crippen molar-refractivity contribution < 1.29 is 14.3 Å². The molecule has 0 bridgehead atoms. The molecule has 0 aliphatic carbocycles. The molecular weight excluding hydrogens is 362 g/mol. The second-order valence-electron chi connectivity index (χ2n) is 7.42. The van der Waals surface area contributed by atoms with E-state index in [9.17, 15) is 9.59 Å². The van der Waals surface area contributed by atoms with Crippen molar-refractivity contribution in [1.29, 1.82) is 0 Å². The van der Waals surface area contributed by atoms with E-state index in [2.05, 4.69) is 38.2 Å². The van der Waals surface area contributed by atoms with E-state index in [1.165, 1.54) is 11.6 Å². The Bertz CT molecular complexity index is 805. The predicted molar refractivity (Wildman–Crippen MR) is 119 cm³/mol. The smallest absolute Gasteiger partial charge is 0.338 e. The maximum atomic E-state index is 12.1. The molecule has 2 aromatic rings. The van der Waals surface area contributed by atoms with Crippen LogP contribution in [0.1, 0.15) is 73.9 Å². The zero-order valence-electron chi connectivity index (χ0n) is 17.6. The Balaban J connectivity index is 1.82. The minimum atomic E-state index is -0.330. The standard InChI is InChI=1S/C25H31NO3/c1-4-5-6-7-18-29-25(28)22-13-15-23(16-14-22)26-24(27)17-10-20-8-11-21(12-9-20)19(2)3/h8-17,19H,4-7,18H2,1-3H3,(H,26,27)/b17-10+. The van der Waals surface area contributed by atoms with Gasteiger partial charge in [0, 0.05) is 11.8 Å². The lowest BCUT2D eigenvalue weighted by Gasteiger charge is -2.06. The highest BCUT2D eigenvalue weighted by molar-refractivity contribution is 6.02. The van der Waals surface area contributed by atoms with Crippen LogP contribution in [0.5, 0.6) is 0 Å². The van der Waals surface area contributed by atoms with Crippen LogP contribution in [0.25, 0.3) is 6.08 Å². The Hall–Kier alpha value is -2.88. The molecule has 2 rings (SSSR count). The minimum Gasteiger partial charge on any atom is -0.462 e. The van der Waals surface area contributed by atoms with Crippen LogP contribution in [0.2, 0.25) is 0 Å². The lowest BCUT2D eigenvalue weighted by atomic mass is 10.0. The highest BCUT2D eigenvalue weighted by Gasteiger charge is 2.07. The summed E-state index contributed by atoms with van der Waals surface area (Å²) < 4.78 is 5.27. The number of hydrogen-bond donors (Lipinski definition) is 1. The third kappa shape index (κ3) is 7.94. The van der Waals surface area contributed by atoms with E-state index in [0.717, 1.165) is 31.2 Å². The van der Waals surface area contributed by atoms with Gasteiger partial charge in [0.2, 0.25) is 5.91 Å². The zero-order chi connectivity index (χ0) is 21.1. The molecule has 4 heteroatoms. The first-order chi connectivity index (χ1) is 14.0. The van der Waals surface area contributed by atoms with Crippen LogP contribution in [-0.2, 0) is 9.53 Å². The Morgan fingerprint density at radius 2 is 1.66 bits per heavy atom. The molecule has 0 fully saturated rings. The van der Waals surface area contributed by atoms with Crippen molar-refractivity contribution in [2.75, 3.05) is 11.9 Å². The van der Waals surface area contributed by atoms with Gasteiger partial charge >= 0.3 is 5.97 Å². The van der Waals surface area contributed by atoms with Gasteiger partial charge in [0.1, 0.15) is 0 Å². The molecule has 154 valence electrons. The molecule has 0 aromatic heterocycles. The summed E-state index contributed by atoms with van der Waals surface area (Å²) in [7, 11) is 0.